The molecule has 1 aliphatic heterocycles. The largest absolute Gasteiger partial charge is 0.336 e. The second-order valence-electron chi connectivity index (χ2n) is 7.22. The van der Waals surface area contributed by atoms with E-state index in [1.54, 1.807) is 18.2 Å². The first-order chi connectivity index (χ1) is 12.8. The molecule has 0 unspecified atom stereocenters. The summed E-state index contributed by atoms with van der Waals surface area (Å²) in [4.78, 5) is 14.7. The van der Waals surface area contributed by atoms with Gasteiger partial charge in [0.1, 0.15) is 0 Å². The van der Waals surface area contributed by atoms with Crippen LogP contribution < -0.4 is 4.72 Å². The zero-order chi connectivity index (χ0) is 19.6. The van der Waals surface area contributed by atoms with Crippen LogP contribution in [0, 0.1) is 13.8 Å². The second kappa shape index (κ2) is 7.72. The van der Waals surface area contributed by atoms with Crippen molar-refractivity contribution in [3.63, 3.8) is 0 Å². The van der Waals surface area contributed by atoms with Gasteiger partial charge in [-0.05, 0) is 81.5 Å². The first-order valence-corrected chi connectivity index (χ1v) is 10.8. The van der Waals surface area contributed by atoms with Crippen LogP contribution in [0.2, 0.25) is 0 Å². The number of amides is 1. The molecule has 1 amide bonds. The van der Waals surface area contributed by atoms with Crippen molar-refractivity contribution < 1.29 is 13.2 Å². The molecule has 1 saturated heterocycles. The van der Waals surface area contributed by atoms with Crippen LogP contribution in [-0.4, -0.2) is 31.8 Å². The van der Waals surface area contributed by atoms with Gasteiger partial charge in [-0.1, -0.05) is 12.1 Å². The number of hydrogen-bond acceptors (Lipinski definition) is 3. The summed E-state index contributed by atoms with van der Waals surface area (Å²) in [7, 11) is -3.71. The van der Waals surface area contributed by atoms with Crippen LogP contribution in [0.25, 0.3) is 0 Å². The summed E-state index contributed by atoms with van der Waals surface area (Å²) in [5.74, 6) is -0.0337. The summed E-state index contributed by atoms with van der Waals surface area (Å²) in [6, 6.07) is 11.9. The molecule has 27 heavy (non-hydrogen) atoms. The molecular weight excluding hydrogens is 360 g/mol. The van der Waals surface area contributed by atoms with E-state index < -0.39 is 10.0 Å². The fourth-order valence-electron chi connectivity index (χ4n) is 3.41. The van der Waals surface area contributed by atoms with Gasteiger partial charge in [0.05, 0.1) is 10.6 Å². The van der Waals surface area contributed by atoms with Crippen molar-refractivity contribution in [2.45, 2.75) is 51.0 Å². The molecule has 0 radical (unpaired) electrons. The standard InChI is InChI=1S/C21H26N2O3S/c1-15-7-6-9-20(17(15)3)22-27(25,26)19-12-10-18(11-13-19)21(24)23-14-5-4-8-16(23)2/h6-7,9-13,16,22H,4-5,8,14H2,1-3H3/t16-/m1/s1. The molecule has 0 spiro atoms. The van der Waals surface area contributed by atoms with Gasteiger partial charge in [-0.15, -0.1) is 0 Å². The first kappa shape index (κ1) is 19.4. The molecule has 3 rings (SSSR count). The van der Waals surface area contributed by atoms with Crippen LogP contribution in [0.5, 0.6) is 0 Å². The Morgan fingerprint density at radius 2 is 1.78 bits per heavy atom. The van der Waals surface area contributed by atoms with E-state index in [9.17, 15) is 13.2 Å². The van der Waals surface area contributed by atoms with Crippen molar-refractivity contribution in [2.75, 3.05) is 11.3 Å². The number of anilines is 1. The maximum atomic E-state index is 12.7. The van der Waals surface area contributed by atoms with Crippen molar-refractivity contribution >= 4 is 21.6 Å². The lowest BCUT2D eigenvalue weighted by Crippen LogP contribution is -2.42. The minimum atomic E-state index is -3.71. The number of carbonyl (C=O) groups is 1. The SMILES string of the molecule is Cc1cccc(NS(=O)(=O)c2ccc(C(=O)N3CCCC[C@H]3C)cc2)c1C. The average Bonchev–Trinajstić information content (AvgIpc) is 2.65. The third kappa shape index (κ3) is 4.16. The lowest BCUT2D eigenvalue weighted by Gasteiger charge is -2.33. The van der Waals surface area contributed by atoms with E-state index in [1.807, 2.05) is 30.9 Å². The quantitative estimate of drug-likeness (QED) is 0.859. The highest BCUT2D eigenvalue weighted by Gasteiger charge is 2.24. The third-order valence-electron chi connectivity index (χ3n) is 5.32. The van der Waals surface area contributed by atoms with Gasteiger partial charge < -0.3 is 4.90 Å². The number of nitrogens with zero attached hydrogens (tertiary/aromatic N) is 1. The molecule has 0 aliphatic carbocycles. The highest BCUT2D eigenvalue weighted by molar-refractivity contribution is 7.92. The summed E-state index contributed by atoms with van der Waals surface area (Å²) in [5.41, 5.74) is 3.01. The summed E-state index contributed by atoms with van der Waals surface area (Å²) in [6.45, 7) is 6.64. The normalized spacial score (nSPS) is 17.6. The Balaban J connectivity index is 1.79. The summed E-state index contributed by atoms with van der Waals surface area (Å²) in [6.07, 6.45) is 3.17. The fraction of sp³-hybridized carbons (Fsp3) is 0.381. The molecule has 1 N–H and O–H groups in total. The number of carbonyl (C=O) groups excluding carboxylic acids is 1. The molecule has 0 aromatic heterocycles. The number of benzene rings is 2. The number of nitrogens with one attached hydrogen (secondary N) is 1. The van der Waals surface area contributed by atoms with Gasteiger partial charge in [0.25, 0.3) is 15.9 Å². The van der Waals surface area contributed by atoms with Gasteiger partial charge in [0, 0.05) is 18.2 Å². The molecule has 144 valence electrons. The van der Waals surface area contributed by atoms with Crippen molar-refractivity contribution in [3.05, 3.63) is 59.2 Å². The van der Waals surface area contributed by atoms with Crippen molar-refractivity contribution in [3.8, 4) is 0 Å². The first-order valence-electron chi connectivity index (χ1n) is 9.29. The number of hydrogen-bond donors (Lipinski definition) is 1. The zero-order valence-electron chi connectivity index (χ0n) is 16.0. The maximum Gasteiger partial charge on any atom is 0.261 e. The van der Waals surface area contributed by atoms with Gasteiger partial charge in [0.2, 0.25) is 0 Å². The highest BCUT2D eigenvalue weighted by atomic mass is 32.2. The Morgan fingerprint density at radius 3 is 2.44 bits per heavy atom. The van der Waals surface area contributed by atoms with Crippen LogP contribution in [0.15, 0.2) is 47.4 Å². The van der Waals surface area contributed by atoms with E-state index in [2.05, 4.69) is 11.6 Å². The molecule has 0 bridgehead atoms. The van der Waals surface area contributed by atoms with E-state index in [0.717, 1.165) is 36.9 Å². The highest BCUT2D eigenvalue weighted by Crippen LogP contribution is 2.23. The van der Waals surface area contributed by atoms with Crippen LogP contribution in [-0.2, 0) is 10.0 Å². The van der Waals surface area contributed by atoms with E-state index >= 15 is 0 Å². The minimum Gasteiger partial charge on any atom is -0.336 e. The molecule has 1 atom stereocenters. The van der Waals surface area contributed by atoms with Gasteiger partial charge in [-0.2, -0.15) is 0 Å². The van der Waals surface area contributed by atoms with Crippen LogP contribution in [0.4, 0.5) is 5.69 Å². The topological polar surface area (TPSA) is 66.5 Å². The lowest BCUT2D eigenvalue weighted by atomic mass is 10.0. The zero-order valence-corrected chi connectivity index (χ0v) is 16.8. The van der Waals surface area contributed by atoms with Crippen molar-refractivity contribution in [1.29, 1.82) is 0 Å². The Morgan fingerprint density at radius 1 is 1.07 bits per heavy atom. The van der Waals surface area contributed by atoms with Gasteiger partial charge in [-0.3, -0.25) is 9.52 Å². The molecule has 5 nitrogen and oxygen atoms in total. The van der Waals surface area contributed by atoms with Crippen LogP contribution >= 0.6 is 0 Å². The number of piperidine rings is 1. The molecule has 1 fully saturated rings. The van der Waals surface area contributed by atoms with Gasteiger partial charge in [0.15, 0.2) is 0 Å². The summed E-state index contributed by atoms with van der Waals surface area (Å²) >= 11 is 0. The van der Waals surface area contributed by atoms with E-state index in [4.69, 9.17) is 0 Å². The smallest absolute Gasteiger partial charge is 0.261 e. The van der Waals surface area contributed by atoms with E-state index in [1.165, 1.54) is 12.1 Å². The molecule has 1 heterocycles. The third-order valence-corrected chi connectivity index (χ3v) is 6.71. The Kier molecular flexibility index (Phi) is 5.56. The molecule has 1 aliphatic rings. The van der Waals surface area contributed by atoms with Crippen molar-refractivity contribution in [2.24, 2.45) is 0 Å². The molecule has 0 saturated carbocycles. The van der Waals surface area contributed by atoms with Crippen LogP contribution in [0.1, 0.15) is 47.7 Å². The Labute approximate surface area is 161 Å². The van der Waals surface area contributed by atoms with E-state index in [-0.39, 0.29) is 16.8 Å². The number of likely N-dealkylation sites (tertiary alicyclic amines) is 1. The van der Waals surface area contributed by atoms with Crippen molar-refractivity contribution in [1.82, 2.24) is 4.90 Å². The maximum absolute atomic E-state index is 12.7. The van der Waals surface area contributed by atoms with Crippen LogP contribution in [0.3, 0.4) is 0 Å². The predicted octanol–water partition coefficient (Wildman–Crippen LogP) is 4.12. The lowest BCUT2D eigenvalue weighted by molar-refractivity contribution is 0.0635. The molecule has 2 aromatic carbocycles. The number of sulfonamides is 1. The van der Waals surface area contributed by atoms with Gasteiger partial charge >= 0.3 is 0 Å². The summed E-state index contributed by atoms with van der Waals surface area (Å²) < 4.78 is 28.0. The molecule has 6 heteroatoms. The molecular formula is C21H26N2O3S. The number of rotatable bonds is 4. The average molecular weight is 387 g/mol. The Bertz CT molecular complexity index is 936. The Hall–Kier alpha value is -2.34. The molecule has 2 aromatic rings. The van der Waals surface area contributed by atoms with Gasteiger partial charge in [-0.25, -0.2) is 8.42 Å². The number of aryl methyl sites for hydroxylation is 1. The summed E-state index contributed by atoms with van der Waals surface area (Å²) in [5, 5.41) is 0. The fourth-order valence-corrected chi connectivity index (χ4v) is 4.53. The minimum absolute atomic E-state index is 0.0337. The van der Waals surface area contributed by atoms with E-state index in [0.29, 0.717) is 11.3 Å². The second-order valence-corrected chi connectivity index (χ2v) is 8.90. The monoisotopic (exact) mass is 386 g/mol. The predicted molar refractivity (Wildman–Crippen MR) is 108 cm³/mol.